The van der Waals surface area contributed by atoms with E-state index in [-0.39, 0.29) is 35.9 Å². The van der Waals surface area contributed by atoms with Crippen LogP contribution in [0.2, 0.25) is 0 Å². The quantitative estimate of drug-likeness (QED) is 0.427. The molecular weight excluding hydrogens is 430 g/mol. The van der Waals surface area contributed by atoms with E-state index < -0.39 is 22.9 Å². The Kier molecular flexibility index (Phi) is 6.13. The number of ether oxygens (including phenoxy) is 1. The van der Waals surface area contributed by atoms with Crippen molar-refractivity contribution >= 4 is 11.2 Å². The molecule has 0 spiro atoms. The average molecular weight is 454 g/mol. The summed E-state index contributed by atoms with van der Waals surface area (Å²) in [6.07, 6.45) is 2.01. The maximum atomic E-state index is 14.7. The highest BCUT2D eigenvalue weighted by molar-refractivity contribution is 5.72. The van der Waals surface area contributed by atoms with E-state index >= 15 is 0 Å². The van der Waals surface area contributed by atoms with Crippen LogP contribution in [0.25, 0.3) is 16.9 Å². The predicted molar refractivity (Wildman–Crippen MR) is 121 cm³/mol. The Hall–Kier alpha value is -3.75. The molecule has 0 unspecified atom stereocenters. The molecule has 0 bridgehead atoms. The third-order valence-corrected chi connectivity index (χ3v) is 5.51. The number of benzene rings is 2. The first-order valence-corrected chi connectivity index (χ1v) is 10.6. The molecule has 0 radical (unpaired) electrons. The van der Waals surface area contributed by atoms with Gasteiger partial charge in [0, 0.05) is 18.2 Å². The lowest BCUT2D eigenvalue weighted by molar-refractivity contribution is 0.408. The number of hydrogen-bond donors (Lipinski definition) is 0. The lowest BCUT2D eigenvalue weighted by Crippen LogP contribution is -2.40. The molecule has 0 atom stereocenters. The van der Waals surface area contributed by atoms with E-state index in [0.29, 0.717) is 18.2 Å². The van der Waals surface area contributed by atoms with Gasteiger partial charge in [-0.25, -0.2) is 23.1 Å². The van der Waals surface area contributed by atoms with Gasteiger partial charge in [-0.1, -0.05) is 32.0 Å². The van der Waals surface area contributed by atoms with Crippen LogP contribution in [-0.4, -0.2) is 25.8 Å². The van der Waals surface area contributed by atoms with Crippen LogP contribution >= 0.6 is 0 Å². The summed E-state index contributed by atoms with van der Waals surface area (Å²) in [4.78, 5) is 31.0. The third kappa shape index (κ3) is 4.18. The highest BCUT2D eigenvalue weighted by atomic mass is 19.1. The number of fused-ring (bicyclic) bond motifs is 1. The van der Waals surface area contributed by atoms with Crippen LogP contribution in [0, 0.1) is 17.6 Å². The van der Waals surface area contributed by atoms with Crippen LogP contribution in [0.3, 0.4) is 0 Å². The van der Waals surface area contributed by atoms with Gasteiger partial charge in [0.25, 0.3) is 5.56 Å². The molecule has 172 valence electrons. The highest BCUT2D eigenvalue weighted by Gasteiger charge is 2.21. The molecule has 0 aliphatic heterocycles. The maximum Gasteiger partial charge on any atom is 0.337 e. The monoisotopic (exact) mass is 454 g/mol. The SMILES string of the molecule is COc1ccccc1Cn1cnc2c1c(=O)n(CCC(C)C)c(=O)n2-c1ccc(F)cc1F. The summed E-state index contributed by atoms with van der Waals surface area (Å²) in [5.74, 6) is -0.819. The molecule has 0 N–H and O–H groups in total. The number of methoxy groups -OCH3 is 1. The molecule has 0 aliphatic rings. The van der Waals surface area contributed by atoms with Crippen molar-refractivity contribution in [1.29, 1.82) is 0 Å². The van der Waals surface area contributed by atoms with E-state index in [9.17, 15) is 18.4 Å². The van der Waals surface area contributed by atoms with Gasteiger partial charge in [-0.15, -0.1) is 0 Å². The highest BCUT2D eigenvalue weighted by Crippen LogP contribution is 2.22. The topological polar surface area (TPSA) is 71.1 Å². The summed E-state index contributed by atoms with van der Waals surface area (Å²) < 4.78 is 37.4. The van der Waals surface area contributed by atoms with Gasteiger partial charge in [-0.2, -0.15) is 0 Å². The molecule has 33 heavy (non-hydrogen) atoms. The normalized spacial score (nSPS) is 11.5. The fraction of sp³-hybridized carbons (Fsp3) is 0.292. The second-order valence-electron chi connectivity index (χ2n) is 8.21. The number of rotatable bonds is 7. The molecule has 0 aliphatic carbocycles. The Morgan fingerprint density at radius 1 is 1.09 bits per heavy atom. The largest absolute Gasteiger partial charge is 0.496 e. The molecule has 0 saturated heterocycles. The minimum atomic E-state index is -0.924. The molecule has 4 rings (SSSR count). The summed E-state index contributed by atoms with van der Waals surface area (Å²) >= 11 is 0. The Labute approximate surface area is 188 Å². The molecule has 0 amide bonds. The van der Waals surface area contributed by atoms with Crippen molar-refractivity contribution in [1.82, 2.24) is 18.7 Å². The van der Waals surface area contributed by atoms with E-state index in [1.807, 2.05) is 32.0 Å². The predicted octanol–water partition coefficient (Wildman–Crippen LogP) is 3.73. The van der Waals surface area contributed by atoms with Crippen molar-refractivity contribution in [2.45, 2.75) is 33.4 Å². The lowest BCUT2D eigenvalue weighted by Gasteiger charge is -2.14. The Morgan fingerprint density at radius 2 is 1.85 bits per heavy atom. The minimum Gasteiger partial charge on any atom is -0.496 e. The van der Waals surface area contributed by atoms with E-state index in [2.05, 4.69) is 4.98 Å². The van der Waals surface area contributed by atoms with E-state index in [4.69, 9.17) is 4.74 Å². The van der Waals surface area contributed by atoms with Crippen molar-refractivity contribution in [3.05, 3.63) is 86.8 Å². The zero-order valence-electron chi connectivity index (χ0n) is 18.6. The summed E-state index contributed by atoms with van der Waals surface area (Å²) in [6.45, 7) is 4.37. The van der Waals surface area contributed by atoms with E-state index in [1.54, 1.807) is 17.7 Å². The Balaban J connectivity index is 1.99. The van der Waals surface area contributed by atoms with Crippen molar-refractivity contribution in [3.63, 3.8) is 0 Å². The minimum absolute atomic E-state index is 0.00574. The molecule has 2 aromatic carbocycles. The van der Waals surface area contributed by atoms with Crippen LogP contribution in [0.4, 0.5) is 8.78 Å². The van der Waals surface area contributed by atoms with Gasteiger partial charge in [0.15, 0.2) is 11.2 Å². The van der Waals surface area contributed by atoms with Gasteiger partial charge in [0.05, 0.1) is 25.7 Å². The summed E-state index contributed by atoms with van der Waals surface area (Å²) in [6, 6.07) is 10.3. The van der Waals surface area contributed by atoms with Gasteiger partial charge < -0.3 is 9.30 Å². The summed E-state index contributed by atoms with van der Waals surface area (Å²) in [7, 11) is 1.55. The van der Waals surface area contributed by atoms with E-state index in [0.717, 1.165) is 20.8 Å². The Bertz CT molecular complexity index is 1440. The number of halogens is 2. The fourth-order valence-electron chi connectivity index (χ4n) is 3.78. The van der Waals surface area contributed by atoms with E-state index in [1.165, 1.54) is 12.4 Å². The van der Waals surface area contributed by atoms with Crippen LogP contribution < -0.4 is 16.0 Å². The lowest BCUT2D eigenvalue weighted by atomic mass is 10.1. The summed E-state index contributed by atoms with van der Waals surface area (Å²) in [5.41, 5.74) is -0.451. The third-order valence-electron chi connectivity index (χ3n) is 5.51. The smallest absolute Gasteiger partial charge is 0.337 e. The second kappa shape index (κ2) is 9.01. The van der Waals surface area contributed by atoms with Gasteiger partial charge in [-0.3, -0.25) is 9.36 Å². The molecule has 0 fully saturated rings. The molecule has 4 aromatic rings. The number of para-hydroxylation sites is 1. The average Bonchev–Trinajstić information content (AvgIpc) is 3.18. The molecule has 0 saturated carbocycles. The van der Waals surface area contributed by atoms with Crippen LogP contribution in [0.5, 0.6) is 5.75 Å². The molecule has 2 heterocycles. The zero-order valence-corrected chi connectivity index (χ0v) is 18.6. The molecule has 7 nitrogen and oxygen atoms in total. The number of hydrogen-bond acceptors (Lipinski definition) is 4. The van der Waals surface area contributed by atoms with Crippen molar-refractivity contribution in [3.8, 4) is 11.4 Å². The molecular formula is C24H24F2N4O3. The first-order chi connectivity index (χ1) is 15.8. The fourth-order valence-corrected chi connectivity index (χ4v) is 3.78. The van der Waals surface area contributed by atoms with Crippen LogP contribution in [0.1, 0.15) is 25.8 Å². The maximum absolute atomic E-state index is 14.7. The zero-order chi connectivity index (χ0) is 23.7. The van der Waals surface area contributed by atoms with Crippen LogP contribution in [-0.2, 0) is 13.1 Å². The molecule has 9 heteroatoms. The van der Waals surface area contributed by atoms with Crippen molar-refractivity contribution in [2.75, 3.05) is 7.11 Å². The van der Waals surface area contributed by atoms with Crippen LogP contribution in [0.15, 0.2) is 58.4 Å². The van der Waals surface area contributed by atoms with Gasteiger partial charge in [0.2, 0.25) is 0 Å². The number of imidazole rings is 1. The van der Waals surface area contributed by atoms with Gasteiger partial charge >= 0.3 is 5.69 Å². The number of aromatic nitrogens is 4. The molecule has 2 aromatic heterocycles. The van der Waals surface area contributed by atoms with Crippen molar-refractivity contribution < 1.29 is 13.5 Å². The van der Waals surface area contributed by atoms with Crippen molar-refractivity contribution in [2.24, 2.45) is 5.92 Å². The second-order valence-corrected chi connectivity index (χ2v) is 8.21. The summed E-state index contributed by atoms with van der Waals surface area (Å²) in [5, 5.41) is 0. The number of nitrogens with zero attached hydrogens (tertiary/aromatic N) is 4. The first-order valence-electron chi connectivity index (χ1n) is 10.6. The van der Waals surface area contributed by atoms with Gasteiger partial charge in [-0.05, 0) is 30.5 Å². The first kappa shape index (κ1) is 22.4. The Morgan fingerprint density at radius 3 is 2.55 bits per heavy atom. The van der Waals surface area contributed by atoms with Gasteiger partial charge in [0.1, 0.15) is 17.4 Å². The standard InChI is InChI=1S/C24H24F2N4O3/c1-15(2)10-11-29-23(31)21-22(30(24(29)32)19-9-8-17(25)12-18(19)26)27-14-28(21)13-16-6-4-5-7-20(16)33-3/h4-9,12,14-15H,10-11,13H2,1-3H3.